The number of aromatic nitrogens is 2. The Labute approximate surface area is 232 Å². The summed E-state index contributed by atoms with van der Waals surface area (Å²) in [5.41, 5.74) is 2.51. The summed E-state index contributed by atoms with van der Waals surface area (Å²) in [7, 11) is -4.39. The monoisotopic (exact) mass is 581 g/mol. The Morgan fingerprint density at radius 3 is 2.41 bits per heavy atom. The van der Waals surface area contributed by atoms with Gasteiger partial charge >= 0.3 is 0 Å². The molecule has 0 aliphatic rings. The number of nitrogens with one attached hydrogen (secondary N) is 1. The predicted octanol–water partition coefficient (Wildman–Crippen LogP) is 5.96. The van der Waals surface area contributed by atoms with Gasteiger partial charge < -0.3 is 4.98 Å². The number of hydrogen-bond donors (Lipinski definition) is 2. The molecule has 0 aliphatic heterocycles. The van der Waals surface area contributed by atoms with Crippen molar-refractivity contribution in [3.63, 3.8) is 0 Å². The molecule has 0 bridgehead atoms. The third kappa shape index (κ3) is 6.36. The molecule has 0 unspecified atom stereocenters. The number of hydrogen-bond acceptors (Lipinski definition) is 4. The summed E-state index contributed by atoms with van der Waals surface area (Å²) >= 11 is 0. The third-order valence-electron chi connectivity index (χ3n) is 6.77. The van der Waals surface area contributed by atoms with Gasteiger partial charge in [-0.05, 0) is 71.6 Å². The zero-order valence-corrected chi connectivity index (χ0v) is 22.2. The van der Waals surface area contributed by atoms with Crippen molar-refractivity contribution in [2.24, 2.45) is 5.14 Å². The highest BCUT2D eigenvalue weighted by Gasteiger charge is 2.24. The van der Waals surface area contributed by atoms with E-state index in [1.54, 1.807) is 24.4 Å². The number of ketones is 1. The van der Waals surface area contributed by atoms with E-state index < -0.39 is 44.1 Å². The van der Waals surface area contributed by atoms with Crippen LogP contribution < -0.4 is 5.14 Å². The number of nitrogens with two attached hydrogens (primary N) is 1. The van der Waals surface area contributed by atoms with E-state index in [4.69, 9.17) is 5.14 Å². The minimum atomic E-state index is -4.39. The largest absolute Gasteiger partial charge is 0.361 e. The first-order valence-electron chi connectivity index (χ1n) is 12.5. The molecule has 5 aromatic rings. The topological polar surface area (TPSA) is 106 Å². The van der Waals surface area contributed by atoms with Gasteiger partial charge in [-0.2, -0.15) is 0 Å². The second kappa shape index (κ2) is 11.3. The van der Waals surface area contributed by atoms with Crippen molar-refractivity contribution < 1.29 is 30.8 Å². The third-order valence-corrected chi connectivity index (χ3v) is 7.70. The first-order valence-corrected chi connectivity index (χ1v) is 14.0. The molecule has 41 heavy (non-hydrogen) atoms. The summed E-state index contributed by atoms with van der Waals surface area (Å²) < 4.78 is 80.2. The number of nitrogens with zero attached hydrogens (tertiary/aromatic N) is 1. The highest BCUT2D eigenvalue weighted by molar-refractivity contribution is 7.89. The Kier molecular flexibility index (Phi) is 7.74. The molecule has 210 valence electrons. The van der Waals surface area contributed by atoms with E-state index in [1.807, 2.05) is 0 Å². The number of H-pyrrole nitrogens is 1. The van der Waals surface area contributed by atoms with Crippen molar-refractivity contribution >= 4 is 26.7 Å². The van der Waals surface area contributed by atoms with Crippen LogP contribution in [0.3, 0.4) is 0 Å². The minimum Gasteiger partial charge on any atom is -0.361 e. The Balaban J connectivity index is 1.55. The maximum Gasteiger partial charge on any atom is 0.240 e. The molecule has 0 amide bonds. The SMILES string of the molecule is NS(=O)(=O)c1cc(-c2cccnc2[C@@H](CC(=O)Cc2c[nH]c3ccc(F)cc23)Cc2cc(F)cc(F)c2)ccc1F. The van der Waals surface area contributed by atoms with Crippen LogP contribution >= 0.6 is 0 Å². The molecule has 0 spiro atoms. The first-order chi connectivity index (χ1) is 19.5. The van der Waals surface area contributed by atoms with E-state index in [0.29, 0.717) is 27.7 Å². The fourth-order valence-corrected chi connectivity index (χ4v) is 5.64. The molecule has 0 saturated heterocycles. The van der Waals surface area contributed by atoms with Crippen molar-refractivity contribution in [2.45, 2.75) is 30.1 Å². The van der Waals surface area contributed by atoms with Gasteiger partial charge in [0.15, 0.2) is 0 Å². The van der Waals surface area contributed by atoms with Crippen LogP contribution in [0.2, 0.25) is 0 Å². The summed E-state index contributed by atoms with van der Waals surface area (Å²) in [6, 6.07) is 13.8. The van der Waals surface area contributed by atoms with Gasteiger partial charge in [-0.15, -0.1) is 0 Å². The van der Waals surface area contributed by atoms with E-state index in [2.05, 4.69) is 9.97 Å². The van der Waals surface area contributed by atoms with Gasteiger partial charge in [-0.1, -0.05) is 12.1 Å². The van der Waals surface area contributed by atoms with Crippen LogP contribution in [0.25, 0.3) is 22.0 Å². The summed E-state index contributed by atoms with van der Waals surface area (Å²) in [4.78, 5) is 20.1. The van der Waals surface area contributed by atoms with Crippen LogP contribution in [-0.4, -0.2) is 24.2 Å². The Morgan fingerprint density at radius 1 is 0.927 bits per heavy atom. The first kappa shape index (κ1) is 28.2. The summed E-state index contributed by atoms with van der Waals surface area (Å²) in [5.74, 6) is -4.03. The number of Topliss-reactive ketones (excluding diaryl/α,β-unsaturated/α-hetero) is 1. The maximum atomic E-state index is 14.3. The number of pyridine rings is 1. The Hall–Kier alpha value is -4.35. The van der Waals surface area contributed by atoms with Crippen LogP contribution in [-0.2, 0) is 27.7 Å². The predicted molar refractivity (Wildman–Crippen MR) is 145 cm³/mol. The van der Waals surface area contributed by atoms with Crippen molar-refractivity contribution in [1.82, 2.24) is 9.97 Å². The number of fused-ring (bicyclic) bond motifs is 1. The lowest BCUT2D eigenvalue weighted by Gasteiger charge is -2.20. The number of aromatic amines is 1. The van der Waals surface area contributed by atoms with E-state index >= 15 is 0 Å². The van der Waals surface area contributed by atoms with E-state index in [1.165, 1.54) is 24.4 Å². The number of halogens is 4. The van der Waals surface area contributed by atoms with Crippen LogP contribution in [0, 0.1) is 23.3 Å². The maximum absolute atomic E-state index is 14.3. The lowest BCUT2D eigenvalue weighted by Crippen LogP contribution is -2.15. The quantitative estimate of drug-likeness (QED) is 0.210. The molecular formula is C30H23F4N3O3S. The lowest BCUT2D eigenvalue weighted by molar-refractivity contribution is -0.118. The van der Waals surface area contributed by atoms with Gasteiger partial charge in [-0.25, -0.2) is 31.1 Å². The number of benzene rings is 3. The van der Waals surface area contributed by atoms with Crippen LogP contribution in [0.5, 0.6) is 0 Å². The van der Waals surface area contributed by atoms with Crippen LogP contribution in [0.4, 0.5) is 17.6 Å². The highest BCUT2D eigenvalue weighted by Crippen LogP contribution is 2.34. The van der Waals surface area contributed by atoms with Crippen molar-refractivity contribution in [2.75, 3.05) is 0 Å². The van der Waals surface area contributed by atoms with Gasteiger partial charge in [0.1, 0.15) is 33.9 Å². The van der Waals surface area contributed by atoms with Gasteiger partial charge in [0.25, 0.3) is 0 Å². The molecule has 6 nitrogen and oxygen atoms in total. The van der Waals surface area contributed by atoms with E-state index in [-0.39, 0.29) is 36.2 Å². The summed E-state index contributed by atoms with van der Waals surface area (Å²) in [6.07, 6.45) is 2.93. The van der Waals surface area contributed by atoms with Gasteiger partial charge in [0, 0.05) is 53.7 Å². The number of rotatable bonds is 9. The van der Waals surface area contributed by atoms with Crippen LogP contribution in [0.1, 0.15) is 29.2 Å². The molecule has 1 atom stereocenters. The van der Waals surface area contributed by atoms with E-state index in [0.717, 1.165) is 30.3 Å². The van der Waals surface area contributed by atoms with Crippen LogP contribution in [0.15, 0.2) is 84.0 Å². The fraction of sp³-hybridized carbons (Fsp3) is 0.133. The Morgan fingerprint density at radius 2 is 1.68 bits per heavy atom. The number of primary sulfonamides is 1. The normalized spacial score (nSPS) is 12.5. The smallest absolute Gasteiger partial charge is 0.240 e. The molecule has 0 saturated carbocycles. The number of carbonyl (C=O) groups is 1. The van der Waals surface area contributed by atoms with Crippen molar-refractivity contribution in [3.8, 4) is 11.1 Å². The molecule has 2 aromatic heterocycles. The molecule has 0 radical (unpaired) electrons. The summed E-state index contributed by atoms with van der Waals surface area (Å²) in [5, 5.41) is 5.74. The molecule has 0 aliphatic carbocycles. The standard InChI is InChI=1S/C30H23F4N3O3S/c31-21-4-6-28-26(15-21)20(16-37-28)12-24(38)11-19(8-17-9-22(32)14-23(33)10-17)30-25(2-1-7-36-30)18-3-5-27(34)29(13-18)41(35,39)40/h1-7,9-10,13-16,19,37H,8,11-12H2,(H2,35,39,40)/t19-/m1/s1. The van der Waals surface area contributed by atoms with Gasteiger partial charge in [0.2, 0.25) is 10.0 Å². The highest BCUT2D eigenvalue weighted by atomic mass is 32.2. The molecule has 0 fully saturated rings. The second-order valence-corrected chi connectivity index (χ2v) is 11.3. The molecule has 5 rings (SSSR count). The average molecular weight is 582 g/mol. The van der Waals surface area contributed by atoms with E-state index in [9.17, 15) is 30.8 Å². The summed E-state index contributed by atoms with van der Waals surface area (Å²) in [6.45, 7) is 0. The molecule has 2 heterocycles. The number of carbonyl (C=O) groups excluding carboxylic acids is 1. The zero-order chi connectivity index (χ0) is 29.3. The van der Waals surface area contributed by atoms with Gasteiger partial charge in [0.05, 0.1) is 5.69 Å². The Bertz CT molecular complexity index is 1870. The number of sulfonamides is 1. The average Bonchev–Trinajstić information content (AvgIpc) is 3.29. The molecular weight excluding hydrogens is 558 g/mol. The molecule has 3 N–H and O–H groups in total. The fourth-order valence-electron chi connectivity index (χ4n) is 5.01. The van der Waals surface area contributed by atoms with Gasteiger partial charge in [-0.3, -0.25) is 9.78 Å². The second-order valence-electron chi connectivity index (χ2n) is 9.73. The van der Waals surface area contributed by atoms with Crippen molar-refractivity contribution in [1.29, 1.82) is 0 Å². The molecule has 3 aromatic carbocycles. The van der Waals surface area contributed by atoms with Crippen molar-refractivity contribution in [3.05, 3.63) is 119 Å². The molecule has 11 heteroatoms. The zero-order valence-electron chi connectivity index (χ0n) is 21.4. The lowest BCUT2D eigenvalue weighted by atomic mass is 9.86. The minimum absolute atomic E-state index is 0.0101.